The number of aliphatic hydroxyl groups is 4. The maximum absolute atomic E-state index is 12.4. The Balaban J connectivity index is 2.32. The molecule has 142 valence electrons. The molecule has 0 aliphatic rings. The fraction of sp³-hybridized carbons (Fsp3) is 0.294. The normalized spacial score (nSPS) is 14.9. The third-order valence-corrected chi connectivity index (χ3v) is 4.15. The Hall–Kier alpha value is -2.92. The molecule has 10 nitrogen and oxygen atoms in total. The maximum atomic E-state index is 12.4. The number of nitrogens with zero attached hydrogens (tertiary/aromatic N) is 4. The summed E-state index contributed by atoms with van der Waals surface area (Å²) < 4.78 is 2.04. The molecule has 0 saturated heterocycles. The van der Waals surface area contributed by atoms with Gasteiger partial charge >= 0.3 is 0 Å². The molecule has 0 aliphatic heterocycles. The lowest BCUT2D eigenvalue weighted by molar-refractivity contribution is -0.0805. The fourth-order valence-electron chi connectivity index (χ4n) is 2.79. The molecular formula is C17H18N4O6. The van der Waals surface area contributed by atoms with E-state index in [-0.39, 0.29) is 17.3 Å². The third-order valence-electron chi connectivity index (χ3n) is 4.15. The monoisotopic (exact) mass is 374 g/mol. The Kier molecular flexibility index (Phi) is 5.15. The van der Waals surface area contributed by atoms with E-state index in [1.807, 2.05) is 0 Å². The zero-order chi connectivity index (χ0) is 19.7. The van der Waals surface area contributed by atoms with Crippen LogP contribution in [0.3, 0.4) is 0 Å². The lowest BCUT2D eigenvalue weighted by Crippen LogP contribution is -2.36. The summed E-state index contributed by atoms with van der Waals surface area (Å²) in [6.07, 6.45) is -5.11. The van der Waals surface area contributed by atoms with Crippen molar-refractivity contribution in [2.24, 2.45) is 0 Å². The Bertz CT molecular complexity index is 1030. The van der Waals surface area contributed by atoms with E-state index in [9.17, 15) is 24.9 Å². The predicted octanol–water partition coefficient (Wildman–Crippen LogP) is -1.03. The fourth-order valence-corrected chi connectivity index (χ4v) is 2.79. The molecule has 3 rings (SSSR count). The second-order valence-corrected chi connectivity index (χ2v) is 5.97. The smallest absolute Gasteiger partial charge is 0.262 e. The van der Waals surface area contributed by atoms with Crippen LogP contribution in [0, 0.1) is 0 Å². The minimum absolute atomic E-state index is 0.145. The summed E-state index contributed by atoms with van der Waals surface area (Å²) in [6, 6.07) is 9.87. The van der Waals surface area contributed by atoms with Gasteiger partial charge in [0.15, 0.2) is 5.82 Å². The molecule has 0 saturated carbocycles. The summed E-state index contributed by atoms with van der Waals surface area (Å²) in [6.45, 7) is 0.400. The van der Waals surface area contributed by atoms with Gasteiger partial charge in [0, 0.05) is 13.0 Å². The number of hydrogen-bond acceptors (Lipinski definition) is 8. The van der Waals surface area contributed by atoms with Crippen LogP contribution in [-0.2, 0) is 0 Å². The van der Waals surface area contributed by atoms with E-state index in [2.05, 4.69) is 10.2 Å². The highest BCUT2D eigenvalue weighted by Crippen LogP contribution is 2.24. The quantitative estimate of drug-likeness (QED) is 0.442. The summed E-state index contributed by atoms with van der Waals surface area (Å²) in [5.41, 5.74) is 0.247. The molecule has 4 N–H and O–H groups in total. The SMILES string of the molecule is CC(=O)n1c(=O)cc(-c2ccccc2)n2c([C@H](O)[C@@H](O)[C@H](O)CO)nnc12. The van der Waals surface area contributed by atoms with E-state index in [4.69, 9.17) is 5.11 Å². The molecule has 3 atom stereocenters. The lowest BCUT2D eigenvalue weighted by Gasteiger charge is -2.21. The van der Waals surface area contributed by atoms with Crippen molar-refractivity contribution in [3.8, 4) is 11.3 Å². The number of rotatable bonds is 5. The largest absolute Gasteiger partial charge is 0.394 e. The molecule has 0 aliphatic carbocycles. The summed E-state index contributed by atoms with van der Waals surface area (Å²) in [7, 11) is 0. The molecule has 1 aromatic carbocycles. The standard InChI is InChI=1S/C17H18N4O6/c1-9(23)20-13(25)7-11(10-5-3-2-4-6-10)21-16(18-19-17(20)21)15(27)14(26)12(24)8-22/h2-7,12,14-15,22,24,26-27H,8H2,1H3/t12-,14+,15-/m1/s1. The maximum Gasteiger partial charge on any atom is 0.262 e. The molecule has 2 aromatic heterocycles. The van der Waals surface area contributed by atoms with Gasteiger partial charge in [-0.25, -0.2) is 4.57 Å². The van der Waals surface area contributed by atoms with Crippen molar-refractivity contribution in [1.29, 1.82) is 0 Å². The van der Waals surface area contributed by atoms with Gasteiger partial charge < -0.3 is 20.4 Å². The van der Waals surface area contributed by atoms with E-state index >= 15 is 0 Å². The average Bonchev–Trinajstić information content (AvgIpc) is 3.10. The van der Waals surface area contributed by atoms with Crippen LogP contribution >= 0.6 is 0 Å². The van der Waals surface area contributed by atoms with Gasteiger partial charge in [0.05, 0.1) is 12.3 Å². The molecular weight excluding hydrogens is 356 g/mol. The molecule has 0 unspecified atom stereocenters. The summed E-state index contributed by atoms with van der Waals surface area (Å²) in [5, 5.41) is 46.7. The average molecular weight is 374 g/mol. The molecule has 27 heavy (non-hydrogen) atoms. The second-order valence-electron chi connectivity index (χ2n) is 5.97. The van der Waals surface area contributed by atoms with Crippen LogP contribution in [0.25, 0.3) is 17.0 Å². The minimum atomic E-state index is -1.76. The van der Waals surface area contributed by atoms with Crippen LogP contribution in [0.15, 0.2) is 41.2 Å². The Morgan fingerprint density at radius 1 is 1.15 bits per heavy atom. The van der Waals surface area contributed by atoms with Gasteiger partial charge in [0.25, 0.3) is 5.56 Å². The number of carbonyl (C=O) groups excluding carboxylic acids is 1. The van der Waals surface area contributed by atoms with Gasteiger partial charge in [-0.15, -0.1) is 10.2 Å². The topological polar surface area (TPSA) is 150 Å². The second kappa shape index (κ2) is 7.37. The molecule has 0 spiro atoms. The van der Waals surface area contributed by atoms with Crippen LogP contribution < -0.4 is 5.56 Å². The van der Waals surface area contributed by atoms with Gasteiger partial charge in [-0.3, -0.25) is 14.0 Å². The predicted molar refractivity (Wildman–Crippen MR) is 93.0 cm³/mol. The zero-order valence-corrected chi connectivity index (χ0v) is 14.3. The highest BCUT2D eigenvalue weighted by atomic mass is 16.4. The van der Waals surface area contributed by atoms with Crippen molar-refractivity contribution in [2.75, 3.05) is 6.61 Å². The Morgan fingerprint density at radius 2 is 1.81 bits per heavy atom. The number of benzene rings is 1. The van der Waals surface area contributed by atoms with Gasteiger partial charge in [-0.1, -0.05) is 30.3 Å². The van der Waals surface area contributed by atoms with Crippen molar-refractivity contribution in [2.45, 2.75) is 25.2 Å². The van der Waals surface area contributed by atoms with Crippen LogP contribution in [0.4, 0.5) is 0 Å². The first-order chi connectivity index (χ1) is 12.9. The summed E-state index contributed by atoms with van der Waals surface area (Å²) in [4.78, 5) is 24.3. The molecule has 0 fully saturated rings. The van der Waals surface area contributed by atoms with Crippen molar-refractivity contribution in [3.63, 3.8) is 0 Å². The minimum Gasteiger partial charge on any atom is -0.394 e. The number of carbonyl (C=O) groups is 1. The molecule has 10 heteroatoms. The van der Waals surface area contributed by atoms with Crippen LogP contribution in [0.1, 0.15) is 23.6 Å². The Labute approximate surface area is 152 Å². The van der Waals surface area contributed by atoms with E-state index in [0.29, 0.717) is 5.56 Å². The van der Waals surface area contributed by atoms with Gasteiger partial charge in [0.2, 0.25) is 11.7 Å². The number of aliphatic hydroxyl groups excluding tert-OH is 4. The molecule has 0 radical (unpaired) electrons. The van der Waals surface area contributed by atoms with Crippen LogP contribution in [0.2, 0.25) is 0 Å². The van der Waals surface area contributed by atoms with Crippen molar-refractivity contribution >= 4 is 11.7 Å². The van der Waals surface area contributed by atoms with Crippen molar-refractivity contribution in [3.05, 3.63) is 52.6 Å². The third kappa shape index (κ3) is 3.26. The van der Waals surface area contributed by atoms with Crippen LogP contribution in [-0.4, -0.2) is 64.3 Å². The lowest BCUT2D eigenvalue weighted by atomic mass is 10.1. The summed E-state index contributed by atoms with van der Waals surface area (Å²) in [5.74, 6) is -0.943. The number of aromatic nitrogens is 4. The molecule has 3 aromatic rings. The van der Waals surface area contributed by atoms with E-state index in [1.54, 1.807) is 30.3 Å². The van der Waals surface area contributed by atoms with Gasteiger partial charge in [-0.05, 0) is 5.56 Å². The van der Waals surface area contributed by atoms with E-state index in [1.165, 1.54) is 17.4 Å². The number of hydrogen-bond donors (Lipinski definition) is 4. The molecule has 2 heterocycles. The Morgan fingerprint density at radius 3 is 2.41 bits per heavy atom. The first-order valence-electron chi connectivity index (χ1n) is 8.09. The highest BCUT2D eigenvalue weighted by Gasteiger charge is 2.31. The van der Waals surface area contributed by atoms with Crippen LogP contribution in [0.5, 0.6) is 0 Å². The summed E-state index contributed by atoms with van der Waals surface area (Å²) >= 11 is 0. The van der Waals surface area contributed by atoms with Crippen molar-refractivity contribution < 1.29 is 25.2 Å². The van der Waals surface area contributed by atoms with Crippen molar-refractivity contribution in [1.82, 2.24) is 19.2 Å². The zero-order valence-electron chi connectivity index (χ0n) is 14.3. The van der Waals surface area contributed by atoms with E-state index in [0.717, 1.165) is 4.57 Å². The van der Waals surface area contributed by atoms with Gasteiger partial charge in [0.1, 0.15) is 18.3 Å². The van der Waals surface area contributed by atoms with E-state index < -0.39 is 36.4 Å². The molecule has 0 amide bonds. The highest BCUT2D eigenvalue weighted by molar-refractivity contribution is 5.80. The van der Waals surface area contributed by atoms with Gasteiger partial charge in [-0.2, -0.15) is 0 Å². The molecule has 0 bridgehead atoms. The first-order valence-corrected chi connectivity index (χ1v) is 8.09. The number of fused-ring (bicyclic) bond motifs is 1. The first kappa shape index (κ1) is 18.9.